The first-order valence-corrected chi connectivity index (χ1v) is 11.8. The van der Waals surface area contributed by atoms with Gasteiger partial charge in [0.05, 0.1) is 36.6 Å². The van der Waals surface area contributed by atoms with Crippen molar-refractivity contribution in [2.24, 2.45) is 4.99 Å². The number of ether oxygens (including phenoxy) is 3. The molecule has 1 unspecified atom stereocenters. The largest absolute Gasteiger partial charge is 0.497 e. The summed E-state index contributed by atoms with van der Waals surface area (Å²) < 4.78 is 24.1. The minimum atomic E-state index is -0.813. The number of hydrogen-bond acceptors (Lipinski definition) is 9. The summed E-state index contributed by atoms with van der Waals surface area (Å²) in [5, 5.41) is 0. The first-order valence-electron chi connectivity index (χ1n) is 11.0. The van der Waals surface area contributed by atoms with Crippen molar-refractivity contribution in [1.29, 1.82) is 0 Å². The maximum absolute atomic E-state index is 13.7. The van der Waals surface area contributed by atoms with Crippen LogP contribution in [0.25, 0.3) is 6.08 Å². The summed E-state index contributed by atoms with van der Waals surface area (Å²) >= 11 is 1.22. The van der Waals surface area contributed by atoms with Crippen molar-refractivity contribution in [3.8, 4) is 11.5 Å². The number of allylic oxidation sites excluding steroid dienone is 1. The molecule has 9 nitrogen and oxygen atoms in total. The second-order valence-corrected chi connectivity index (χ2v) is 8.99. The smallest absolute Gasteiger partial charge is 0.338 e. The van der Waals surface area contributed by atoms with Crippen LogP contribution in [0.5, 0.6) is 11.5 Å². The van der Waals surface area contributed by atoms with Crippen LogP contribution in [0.4, 0.5) is 5.88 Å². The average Bonchev–Trinajstić information content (AvgIpc) is 3.42. The number of methoxy groups -OCH3 is 2. The number of thiazole rings is 1. The van der Waals surface area contributed by atoms with Gasteiger partial charge in [0.25, 0.3) is 5.56 Å². The molecule has 35 heavy (non-hydrogen) atoms. The van der Waals surface area contributed by atoms with E-state index in [0.717, 1.165) is 0 Å². The Balaban J connectivity index is 1.98. The Morgan fingerprint density at radius 3 is 2.63 bits per heavy atom. The third-order valence-corrected chi connectivity index (χ3v) is 6.56. The van der Waals surface area contributed by atoms with E-state index in [0.29, 0.717) is 43.7 Å². The Morgan fingerprint density at radius 2 is 2.00 bits per heavy atom. The summed E-state index contributed by atoms with van der Waals surface area (Å²) in [6, 6.07) is 8.07. The van der Waals surface area contributed by atoms with Crippen molar-refractivity contribution < 1.29 is 23.4 Å². The van der Waals surface area contributed by atoms with Gasteiger partial charge in [0.15, 0.2) is 10.7 Å². The van der Waals surface area contributed by atoms with Crippen LogP contribution in [0.1, 0.15) is 31.2 Å². The molecule has 0 bridgehead atoms. The standard InChI is InChI=1S/C25H27N3O6S/c1-7-33-24(30)21-14(2)26-25-28(22(21)17-12-15(31-5)8-10-18(17)32-6)23(29)19(35-25)13-16-9-11-20(34-16)27(3)4/h8-13,22H,7H2,1-6H3. The minimum Gasteiger partial charge on any atom is -0.497 e. The van der Waals surface area contributed by atoms with E-state index in [9.17, 15) is 9.59 Å². The number of furan rings is 1. The summed E-state index contributed by atoms with van der Waals surface area (Å²) in [7, 11) is 6.83. The van der Waals surface area contributed by atoms with Crippen LogP contribution in [0.2, 0.25) is 0 Å². The number of nitrogens with zero attached hydrogens (tertiary/aromatic N) is 3. The van der Waals surface area contributed by atoms with Gasteiger partial charge in [-0.1, -0.05) is 11.3 Å². The third-order valence-electron chi connectivity index (χ3n) is 5.58. The summed E-state index contributed by atoms with van der Waals surface area (Å²) in [4.78, 5) is 33.7. The normalized spacial score (nSPS) is 15.5. The van der Waals surface area contributed by atoms with Gasteiger partial charge in [-0.2, -0.15) is 0 Å². The van der Waals surface area contributed by atoms with E-state index < -0.39 is 12.0 Å². The van der Waals surface area contributed by atoms with Gasteiger partial charge in [-0.25, -0.2) is 9.79 Å². The molecule has 0 aliphatic carbocycles. The van der Waals surface area contributed by atoms with Gasteiger partial charge in [-0.15, -0.1) is 0 Å². The third kappa shape index (κ3) is 4.49. The van der Waals surface area contributed by atoms with Gasteiger partial charge < -0.3 is 23.5 Å². The van der Waals surface area contributed by atoms with Gasteiger partial charge >= 0.3 is 5.97 Å². The second-order valence-electron chi connectivity index (χ2n) is 7.98. The number of benzene rings is 1. The Bertz CT molecular complexity index is 1480. The monoisotopic (exact) mass is 497 g/mol. The Labute approximate surface area is 206 Å². The van der Waals surface area contributed by atoms with Gasteiger partial charge in [-0.3, -0.25) is 9.36 Å². The first-order chi connectivity index (χ1) is 16.8. The van der Waals surface area contributed by atoms with Crippen LogP contribution in [0.3, 0.4) is 0 Å². The molecule has 1 atom stereocenters. The van der Waals surface area contributed by atoms with Crippen molar-refractivity contribution in [1.82, 2.24) is 4.57 Å². The highest BCUT2D eigenvalue weighted by atomic mass is 32.1. The Hall–Kier alpha value is -3.79. The average molecular weight is 498 g/mol. The van der Waals surface area contributed by atoms with E-state index in [-0.39, 0.29) is 17.7 Å². The van der Waals surface area contributed by atoms with E-state index in [2.05, 4.69) is 4.99 Å². The van der Waals surface area contributed by atoms with Gasteiger partial charge in [0.2, 0.25) is 0 Å². The minimum absolute atomic E-state index is 0.189. The van der Waals surface area contributed by atoms with Crippen LogP contribution in [0.15, 0.2) is 55.8 Å². The predicted octanol–water partition coefficient (Wildman–Crippen LogP) is 2.47. The number of aromatic nitrogens is 1. The van der Waals surface area contributed by atoms with E-state index in [4.69, 9.17) is 18.6 Å². The van der Waals surface area contributed by atoms with Crippen LogP contribution < -0.4 is 29.3 Å². The first kappa shape index (κ1) is 24.3. The predicted molar refractivity (Wildman–Crippen MR) is 133 cm³/mol. The summed E-state index contributed by atoms with van der Waals surface area (Å²) in [5.74, 6) is 1.73. The molecule has 4 rings (SSSR count). The lowest BCUT2D eigenvalue weighted by atomic mass is 9.95. The highest BCUT2D eigenvalue weighted by Gasteiger charge is 2.35. The summed E-state index contributed by atoms with van der Waals surface area (Å²) in [6.45, 7) is 3.66. The molecule has 184 valence electrons. The van der Waals surface area contributed by atoms with Crippen molar-refractivity contribution in [3.63, 3.8) is 0 Å². The molecule has 3 aromatic rings. The van der Waals surface area contributed by atoms with Crippen LogP contribution in [-0.2, 0) is 9.53 Å². The zero-order valence-electron chi connectivity index (χ0n) is 20.4. The lowest BCUT2D eigenvalue weighted by Gasteiger charge is -2.26. The number of anilines is 1. The molecular formula is C25H27N3O6S. The Kier molecular flexibility index (Phi) is 6.83. The number of hydrogen-bond donors (Lipinski definition) is 0. The number of carbonyl (C=O) groups excluding carboxylic acids is 1. The van der Waals surface area contributed by atoms with Gasteiger partial charge in [0, 0.05) is 31.8 Å². The van der Waals surface area contributed by atoms with E-state index in [1.807, 2.05) is 25.1 Å². The number of rotatable bonds is 7. The summed E-state index contributed by atoms with van der Waals surface area (Å²) in [6.07, 6.45) is 1.68. The second kappa shape index (κ2) is 9.83. The van der Waals surface area contributed by atoms with Crippen molar-refractivity contribution in [2.75, 3.05) is 39.8 Å². The molecule has 3 heterocycles. The molecule has 0 fully saturated rings. The zero-order chi connectivity index (χ0) is 25.3. The lowest BCUT2D eigenvalue weighted by molar-refractivity contribution is -0.139. The molecule has 0 radical (unpaired) electrons. The fourth-order valence-electron chi connectivity index (χ4n) is 3.93. The molecule has 0 saturated carbocycles. The van der Waals surface area contributed by atoms with Crippen LogP contribution in [-0.4, -0.2) is 45.5 Å². The molecule has 0 saturated heterocycles. The number of esters is 1. The van der Waals surface area contributed by atoms with Gasteiger partial charge in [0.1, 0.15) is 23.3 Å². The van der Waals surface area contributed by atoms with E-state index in [1.165, 1.54) is 23.0 Å². The molecule has 1 aromatic carbocycles. The molecule has 0 N–H and O–H groups in total. The van der Waals surface area contributed by atoms with Crippen LogP contribution >= 0.6 is 11.3 Å². The van der Waals surface area contributed by atoms with Crippen LogP contribution in [0, 0.1) is 0 Å². The highest BCUT2D eigenvalue weighted by molar-refractivity contribution is 7.07. The molecule has 1 aliphatic rings. The molecular weight excluding hydrogens is 470 g/mol. The lowest BCUT2D eigenvalue weighted by Crippen LogP contribution is -2.40. The van der Waals surface area contributed by atoms with Gasteiger partial charge in [-0.05, 0) is 38.1 Å². The van der Waals surface area contributed by atoms with E-state index >= 15 is 0 Å². The molecule has 10 heteroatoms. The van der Waals surface area contributed by atoms with E-state index in [1.54, 1.807) is 51.3 Å². The molecule has 0 spiro atoms. The molecule has 2 aromatic heterocycles. The van der Waals surface area contributed by atoms with Crippen molar-refractivity contribution in [2.45, 2.75) is 19.9 Å². The topological polar surface area (TPSA) is 95.5 Å². The fraction of sp³-hybridized carbons (Fsp3) is 0.320. The van der Waals surface area contributed by atoms with Crippen molar-refractivity contribution in [3.05, 3.63) is 72.6 Å². The number of fused-ring (bicyclic) bond motifs is 1. The maximum atomic E-state index is 13.7. The quantitative estimate of drug-likeness (QED) is 0.463. The fourth-order valence-corrected chi connectivity index (χ4v) is 4.95. The number of carbonyl (C=O) groups is 1. The maximum Gasteiger partial charge on any atom is 0.338 e. The SMILES string of the molecule is CCOC(=O)C1=C(C)N=c2sc(=Cc3ccc(N(C)C)o3)c(=O)n2C1c1cc(OC)ccc1OC. The zero-order valence-corrected chi connectivity index (χ0v) is 21.3. The summed E-state index contributed by atoms with van der Waals surface area (Å²) in [5.41, 5.74) is 1.02. The molecule has 0 amide bonds. The molecule has 1 aliphatic heterocycles. The Morgan fingerprint density at radius 1 is 1.23 bits per heavy atom. The highest BCUT2D eigenvalue weighted by Crippen LogP contribution is 2.37. The van der Waals surface area contributed by atoms with Crippen molar-refractivity contribution >= 4 is 29.3 Å².